The molecule has 0 radical (unpaired) electrons. The molecule has 0 amide bonds. The van der Waals surface area contributed by atoms with Crippen LogP contribution < -0.4 is 10.6 Å². The van der Waals surface area contributed by atoms with E-state index in [9.17, 15) is 0 Å². The molecule has 0 fully saturated rings. The van der Waals surface area contributed by atoms with Crippen LogP contribution in [0.15, 0.2) is 6.33 Å². The third-order valence-electron chi connectivity index (χ3n) is 3.62. The smallest absolute Gasteiger partial charge is 0.137 e. The van der Waals surface area contributed by atoms with Crippen LogP contribution in [0.25, 0.3) is 0 Å². The molecule has 2 N–H and O–H groups in total. The van der Waals surface area contributed by atoms with Crippen molar-refractivity contribution in [3.05, 3.63) is 11.9 Å². The van der Waals surface area contributed by atoms with E-state index in [1.165, 1.54) is 0 Å². The van der Waals surface area contributed by atoms with Gasteiger partial charge in [-0.25, -0.2) is 9.97 Å². The minimum Gasteiger partial charge on any atom is -0.383 e. The van der Waals surface area contributed by atoms with Crippen molar-refractivity contribution in [3.63, 3.8) is 0 Å². The Balaban J connectivity index is 3.12. The van der Waals surface area contributed by atoms with Crippen LogP contribution in [-0.2, 0) is 6.42 Å². The van der Waals surface area contributed by atoms with Gasteiger partial charge in [-0.15, -0.1) is 0 Å². The first-order chi connectivity index (χ1) is 8.29. The normalized spacial score (nSPS) is 13.4. The second-order valence-electron chi connectivity index (χ2n) is 5.96. The largest absolute Gasteiger partial charge is 0.383 e. The van der Waals surface area contributed by atoms with Gasteiger partial charge in [-0.2, -0.15) is 0 Å². The standard InChI is InChI=1S/C14H26N4/c1-7-8-11-12(15)16-9-17-13(11)18(6)10(2)14(3,4)5/h9-10H,7-8H2,1-6H3,(H2,15,16,17). The average molecular weight is 250 g/mol. The third-order valence-corrected chi connectivity index (χ3v) is 3.62. The topological polar surface area (TPSA) is 55.0 Å². The molecule has 0 aliphatic heterocycles. The third kappa shape index (κ3) is 3.12. The van der Waals surface area contributed by atoms with Crippen LogP contribution in [0.4, 0.5) is 11.6 Å². The maximum absolute atomic E-state index is 5.98. The Bertz CT molecular complexity index is 395. The fourth-order valence-corrected chi connectivity index (χ4v) is 1.97. The zero-order valence-corrected chi connectivity index (χ0v) is 12.5. The highest BCUT2D eigenvalue weighted by molar-refractivity contribution is 5.56. The lowest BCUT2D eigenvalue weighted by Gasteiger charge is -2.37. The van der Waals surface area contributed by atoms with Gasteiger partial charge in [0.25, 0.3) is 0 Å². The van der Waals surface area contributed by atoms with E-state index in [2.05, 4.69) is 56.5 Å². The molecule has 0 aliphatic carbocycles. The summed E-state index contributed by atoms with van der Waals surface area (Å²) in [5.41, 5.74) is 7.24. The van der Waals surface area contributed by atoms with Gasteiger partial charge in [0.1, 0.15) is 18.0 Å². The minimum atomic E-state index is 0.192. The van der Waals surface area contributed by atoms with Gasteiger partial charge in [-0.05, 0) is 18.8 Å². The first kappa shape index (κ1) is 14.7. The van der Waals surface area contributed by atoms with E-state index in [-0.39, 0.29) is 5.41 Å². The Kier molecular flexibility index (Phi) is 4.54. The molecule has 0 aliphatic rings. The van der Waals surface area contributed by atoms with Gasteiger partial charge in [0, 0.05) is 18.7 Å². The molecular weight excluding hydrogens is 224 g/mol. The van der Waals surface area contributed by atoms with Gasteiger partial charge in [-0.1, -0.05) is 34.1 Å². The summed E-state index contributed by atoms with van der Waals surface area (Å²) in [6.07, 6.45) is 3.52. The van der Waals surface area contributed by atoms with E-state index in [4.69, 9.17) is 5.73 Å². The molecule has 0 bridgehead atoms. The molecule has 0 spiro atoms. The molecule has 1 aromatic rings. The van der Waals surface area contributed by atoms with Crippen molar-refractivity contribution in [2.75, 3.05) is 17.7 Å². The predicted octanol–water partition coefficient (Wildman–Crippen LogP) is 2.88. The maximum Gasteiger partial charge on any atom is 0.137 e. The van der Waals surface area contributed by atoms with Crippen LogP contribution in [0.5, 0.6) is 0 Å². The van der Waals surface area contributed by atoms with E-state index in [0.29, 0.717) is 11.9 Å². The van der Waals surface area contributed by atoms with Crippen molar-refractivity contribution < 1.29 is 0 Å². The Morgan fingerprint density at radius 3 is 2.44 bits per heavy atom. The van der Waals surface area contributed by atoms with Crippen LogP contribution in [0.3, 0.4) is 0 Å². The SMILES string of the molecule is CCCc1c(N)ncnc1N(C)C(C)C(C)(C)C. The lowest BCUT2D eigenvalue weighted by molar-refractivity contribution is 0.328. The molecule has 0 saturated carbocycles. The zero-order chi connectivity index (χ0) is 13.9. The van der Waals surface area contributed by atoms with Gasteiger partial charge in [0.15, 0.2) is 0 Å². The molecular formula is C14H26N4. The second-order valence-corrected chi connectivity index (χ2v) is 5.96. The van der Waals surface area contributed by atoms with Gasteiger partial charge >= 0.3 is 0 Å². The fraction of sp³-hybridized carbons (Fsp3) is 0.714. The fourth-order valence-electron chi connectivity index (χ4n) is 1.97. The second kappa shape index (κ2) is 5.55. The molecule has 4 heteroatoms. The van der Waals surface area contributed by atoms with Crippen LogP contribution in [0, 0.1) is 5.41 Å². The summed E-state index contributed by atoms with van der Waals surface area (Å²) in [4.78, 5) is 10.7. The Morgan fingerprint density at radius 1 is 1.33 bits per heavy atom. The number of nitrogen functional groups attached to an aromatic ring is 1. The van der Waals surface area contributed by atoms with Gasteiger partial charge < -0.3 is 10.6 Å². The first-order valence-electron chi connectivity index (χ1n) is 6.61. The van der Waals surface area contributed by atoms with E-state index in [1.807, 2.05) is 0 Å². The van der Waals surface area contributed by atoms with Crippen molar-refractivity contribution in [3.8, 4) is 0 Å². The number of nitrogens with zero attached hydrogens (tertiary/aromatic N) is 3. The molecule has 1 rings (SSSR count). The zero-order valence-electron chi connectivity index (χ0n) is 12.5. The molecule has 18 heavy (non-hydrogen) atoms. The predicted molar refractivity (Wildman–Crippen MR) is 77.8 cm³/mol. The highest BCUT2D eigenvalue weighted by atomic mass is 15.2. The van der Waals surface area contributed by atoms with Gasteiger partial charge in [0.2, 0.25) is 0 Å². The van der Waals surface area contributed by atoms with Crippen molar-refractivity contribution in [1.82, 2.24) is 9.97 Å². The van der Waals surface area contributed by atoms with Crippen molar-refractivity contribution in [2.24, 2.45) is 5.41 Å². The Labute approximate surface area is 111 Å². The Morgan fingerprint density at radius 2 is 1.94 bits per heavy atom. The number of aromatic nitrogens is 2. The van der Waals surface area contributed by atoms with E-state index >= 15 is 0 Å². The van der Waals surface area contributed by atoms with Gasteiger partial charge in [0.05, 0.1) is 0 Å². The highest BCUT2D eigenvalue weighted by Crippen LogP contribution is 2.29. The maximum atomic E-state index is 5.98. The molecule has 0 aromatic carbocycles. The van der Waals surface area contributed by atoms with E-state index < -0.39 is 0 Å². The van der Waals surface area contributed by atoms with E-state index in [0.717, 1.165) is 24.2 Å². The molecule has 1 aromatic heterocycles. The number of hydrogen-bond acceptors (Lipinski definition) is 4. The molecule has 4 nitrogen and oxygen atoms in total. The monoisotopic (exact) mass is 250 g/mol. The lowest BCUT2D eigenvalue weighted by atomic mass is 9.87. The van der Waals surface area contributed by atoms with Crippen LogP contribution in [-0.4, -0.2) is 23.1 Å². The van der Waals surface area contributed by atoms with Crippen LogP contribution in [0.2, 0.25) is 0 Å². The summed E-state index contributed by atoms with van der Waals surface area (Å²) in [6, 6.07) is 0.377. The van der Waals surface area contributed by atoms with Crippen molar-refractivity contribution >= 4 is 11.6 Å². The average Bonchev–Trinajstić information content (AvgIpc) is 2.29. The first-order valence-corrected chi connectivity index (χ1v) is 6.61. The lowest BCUT2D eigenvalue weighted by Crippen LogP contribution is -2.40. The summed E-state index contributed by atoms with van der Waals surface area (Å²) < 4.78 is 0. The molecule has 0 saturated heterocycles. The summed E-state index contributed by atoms with van der Waals surface area (Å²) in [5, 5.41) is 0. The van der Waals surface area contributed by atoms with Crippen molar-refractivity contribution in [1.29, 1.82) is 0 Å². The number of hydrogen-bond donors (Lipinski definition) is 1. The summed E-state index contributed by atoms with van der Waals surface area (Å²) >= 11 is 0. The highest BCUT2D eigenvalue weighted by Gasteiger charge is 2.26. The number of nitrogens with two attached hydrogens (primary N) is 1. The molecule has 102 valence electrons. The summed E-state index contributed by atoms with van der Waals surface area (Å²) in [6.45, 7) is 11.1. The van der Waals surface area contributed by atoms with Crippen LogP contribution >= 0.6 is 0 Å². The van der Waals surface area contributed by atoms with Crippen LogP contribution in [0.1, 0.15) is 46.6 Å². The quantitative estimate of drug-likeness (QED) is 0.892. The molecule has 1 heterocycles. The number of anilines is 2. The van der Waals surface area contributed by atoms with Crippen molar-refractivity contribution in [2.45, 2.75) is 53.5 Å². The molecule has 1 unspecified atom stereocenters. The molecule has 1 atom stereocenters. The van der Waals surface area contributed by atoms with E-state index in [1.54, 1.807) is 6.33 Å². The summed E-state index contributed by atoms with van der Waals surface area (Å²) in [7, 11) is 2.08. The minimum absolute atomic E-state index is 0.192. The Hall–Kier alpha value is -1.32. The number of rotatable bonds is 4. The summed E-state index contributed by atoms with van der Waals surface area (Å²) in [5.74, 6) is 1.57. The van der Waals surface area contributed by atoms with Gasteiger partial charge in [-0.3, -0.25) is 0 Å².